The van der Waals surface area contributed by atoms with E-state index in [1.54, 1.807) is 45.3 Å². The highest BCUT2D eigenvalue weighted by molar-refractivity contribution is 7.94. The van der Waals surface area contributed by atoms with E-state index in [0.717, 1.165) is 33.9 Å². The average molecular weight is 931 g/mol. The summed E-state index contributed by atoms with van der Waals surface area (Å²) >= 11 is 4.72. The molecule has 0 aliphatic carbocycles. The zero-order valence-corrected chi connectivity index (χ0v) is 36.5. The third-order valence-electron chi connectivity index (χ3n) is 9.74. The van der Waals surface area contributed by atoms with Gasteiger partial charge < -0.3 is 4.90 Å². The minimum Gasteiger partial charge on any atom is -0.332 e. The van der Waals surface area contributed by atoms with Crippen molar-refractivity contribution in [2.45, 2.75) is 23.7 Å². The number of rotatable bonds is 11. The molecule has 0 bridgehead atoms. The van der Waals surface area contributed by atoms with Gasteiger partial charge in [0.2, 0.25) is 10.3 Å². The number of carbonyl (C=O) groups is 3. The number of nitrogens with zero attached hydrogens (tertiary/aromatic N) is 9. The van der Waals surface area contributed by atoms with Crippen LogP contribution in [-0.4, -0.2) is 73.7 Å². The van der Waals surface area contributed by atoms with Gasteiger partial charge >= 0.3 is 5.91 Å². The molecule has 63 heavy (non-hydrogen) atoms. The summed E-state index contributed by atoms with van der Waals surface area (Å²) < 4.78 is 30.6. The molecule has 0 spiro atoms. The highest BCUT2D eigenvalue weighted by Gasteiger charge is 2.36. The lowest BCUT2D eigenvalue weighted by Crippen LogP contribution is -2.30. The molecule has 2 aliphatic rings. The van der Waals surface area contributed by atoms with Gasteiger partial charge in [0, 0.05) is 29.6 Å². The molecule has 0 unspecified atom stereocenters. The standard InChI is InChI=1S/C41H30N12O5S5/c54-36(45-40-43-28-15-14-26(19-31(28)61-40)50-63(57,58)33-13-7-18-59-33)29-20-27-22-51(16-8-17-52(27)48-29)37(55)32-21-42-39(62-32)47-46-35-34(25-11-5-2-6-12-25)49-53(38(35)56)41-44-30(23-60-41)24-9-3-1-4-10-24/h1-7,9-15,18-21,23,50H,8,16-17,22H2,(H,42,47)(H,43,45,54)/b46-35+. The Morgan fingerprint density at radius 1 is 0.841 bits per heavy atom. The first-order valence-corrected chi connectivity index (χ1v) is 24.0. The largest absolute Gasteiger partial charge is 0.332 e. The Bertz CT molecular complexity index is 3210. The second kappa shape index (κ2) is 16.7. The molecule has 8 aromatic rings. The summed E-state index contributed by atoms with van der Waals surface area (Å²) in [6.45, 7) is 1.15. The van der Waals surface area contributed by atoms with Crippen LogP contribution in [0.15, 0.2) is 128 Å². The number of aryl methyl sites for hydroxylation is 1. The number of sulfonamides is 1. The van der Waals surface area contributed by atoms with E-state index in [9.17, 15) is 22.8 Å². The molecule has 0 fully saturated rings. The van der Waals surface area contributed by atoms with Gasteiger partial charge in [-0.05, 0) is 42.1 Å². The van der Waals surface area contributed by atoms with E-state index in [4.69, 9.17) is 0 Å². The van der Waals surface area contributed by atoms with Gasteiger partial charge in [0.25, 0.3) is 21.8 Å². The smallest absolute Gasteiger partial charge is 0.303 e. The Balaban J connectivity index is 0.805. The topological polar surface area (TPSA) is 209 Å². The monoisotopic (exact) mass is 930 g/mol. The molecule has 7 heterocycles. The summed E-state index contributed by atoms with van der Waals surface area (Å²) in [5, 5.41) is 22.3. The number of hydrogen-bond donors (Lipinski definition) is 3. The Morgan fingerprint density at radius 3 is 2.44 bits per heavy atom. The van der Waals surface area contributed by atoms with Crippen LogP contribution in [0.2, 0.25) is 0 Å². The molecule has 2 aliphatic heterocycles. The quantitative estimate of drug-likeness (QED) is 0.109. The number of fused-ring (bicyclic) bond motifs is 2. The molecule has 0 saturated carbocycles. The predicted octanol–water partition coefficient (Wildman–Crippen LogP) is 7.45. The van der Waals surface area contributed by atoms with Crippen LogP contribution in [0.25, 0.3) is 21.5 Å². The number of aromatic nitrogens is 5. The lowest BCUT2D eigenvalue weighted by molar-refractivity contribution is -0.112. The molecule has 3 aromatic carbocycles. The zero-order valence-electron chi connectivity index (χ0n) is 32.4. The molecule has 3 amide bonds. The number of thiophene rings is 1. The molecule has 0 atom stereocenters. The highest BCUT2D eigenvalue weighted by atomic mass is 32.2. The lowest BCUT2D eigenvalue weighted by Gasteiger charge is -2.18. The van der Waals surface area contributed by atoms with Gasteiger partial charge in [-0.25, -0.2) is 23.4 Å². The van der Waals surface area contributed by atoms with Crippen molar-refractivity contribution in [2.24, 2.45) is 10.2 Å². The van der Waals surface area contributed by atoms with E-state index in [1.165, 1.54) is 39.9 Å². The minimum absolute atomic E-state index is 0.0639. The predicted molar refractivity (Wildman–Crippen MR) is 245 cm³/mol. The fraction of sp³-hybridized carbons (Fsp3) is 0.0976. The first-order chi connectivity index (χ1) is 30.6. The molecule has 0 radical (unpaired) electrons. The van der Waals surface area contributed by atoms with Crippen molar-refractivity contribution in [3.05, 3.63) is 136 Å². The highest BCUT2D eigenvalue weighted by Crippen LogP contribution is 2.32. The van der Waals surface area contributed by atoms with Crippen LogP contribution >= 0.6 is 45.3 Å². The van der Waals surface area contributed by atoms with Crippen LogP contribution < -0.4 is 20.5 Å². The van der Waals surface area contributed by atoms with Crippen LogP contribution in [0, 0.1) is 0 Å². The number of hydrogen-bond acceptors (Lipinski definition) is 16. The average Bonchev–Trinajstić information content (AvgIpc) is 4.16. The molecular formula is C41H30N12O5S5. The number of hydrazone groups is 2. The van der Waals surface area contributed by atoms with E-state index in [2.05, 4.69) is 45.7 Å². The van der Waals surface area contributed by atoms with E-state index in [-0.39, 0.29) is 28.1 Å². The molecule has 10 rings (SSSR count). The number of anilines is 4. The summed E-state index contributed by atoms with van der Waals surface area (Å²) in [7, 11) is -3.73. The van der Waals surface area contributed by atoms with Crippen LogP contribution in [0.5, 0.6) is 0 Å². The number of benzene rings is 3. The van der Waals surface area contributed by atoms with E-state index >= 15 is 0 Å². The van der Waals surface area contributed by atoms with Gasteiger partial charge in [-0.2, -0.15) is 20.3 Å². The van der Waals surface area contributed by atoms with Crippen molar-refractivity contribution in [1.29, 1.82) is 0 Å². The summed E-state index contributed by atoms with van der Waals surface area (Å²) in [5.41, 5.74) is 7.44. The van der Waals surface area contributed by atoms with Gasteiger partial charge in [0.15, 0.2) is 16.5 Å². The summed E-state index contributed by atoms with van der Waals surface area (Å²) in [6, 6.07) is 28.7. The van der Waals surface area contributed by atoms with Gasteiger partial charge in [0.1, 0.15) is 14.8 Å². The maximum atomic E-state index is 13.9. The van der Waals surface area contributed by atoms with E-state index < -0.39 is 21.8 Å². The van der Waals surface area contributed by atoms with Crippen molar-refractivity contribution in [1.82, 2.24) is 29.6 Å². The first kappa shape index (κ1) is 40.1. The van der Waals surface area contributed by atoms with E-state index in [1.807, 2.05) is 66.0 Å². The second-order valence-corrected chi connectivity index (χ2v) is 19.7. The van der Waals surface area contributed by atoms with Crippen molar-refractivity contribution >= 4 is 116 Å². The van der Waals surface area contributed by atoms with Crippen LogP contribution in [0.1, 0.15) is 37.8 Å². The Kier molecular flexibility index (Phi) is 10.6. The first-order valence-electron chi connectivity index (χ1n) is 19.1. The SMILES string of the molecule is O=C(Nc1nc2ccc(NS(=O)(=O)c3cccs3)cc2s1)c1cc2n(n1)CCCN(C(=O)c1cnc(N/N=C3/C(=O)N(c4nc(-c5ccccc5)cs4)N=C3c3ccccc3)s1)C2. The van der Waals surface area contributed by atoms with Crippen molar-refractivity contribution in [2.75, 3.05) is 27.0 Å². The summed E-state index contributed by atoms with van der Waals surface area (Å²) in [4.78, 5) is 56.7. The number of nitrogens with one attached hydrogen (secondary N) is 3. The van der Waals surface area contributed by atoms with Gasteiger partial charge in [0.05, 0.1) is 40.0 Å². The van der Waals surface area contributed by atoms with Crippen molar-refractivity contribution in [3.63, 3.8) is 0 Å². The summed E-state index contributed by atoms with van der Waals surface area (Å²) in [5.74, 6) is -1.20. The van der Waals surface area contributed by atoms with Crippen LogP contribution in [0.4, 0.5) is 21.1 Å². The normalized spacial score (nSPS) is 14.8. The number of thiazole rings is 3. The fourth-order valence-electron chi connectivity index (χ4n) is 6.77. The third kappa shape index (κ3) is 8.24. The molecule has 22 heteroatoms. The maximum absolute atomic E-state index is 13.9. The van der Waals surface area contributed by atoms with Crippen LogP contribution in [0.3, 0.4) is 0 Å². The molecular weight excluding hydrogens is 901 g/mol. The third-order valence-corrected chi connectivity index (χ3v) is 15.2. The van der Waals surface area contributed by atoms with Gasteiger partial charge in [-0.15, -0.1) is 22.7 Å². The molecule has 0 saturated heterocycles. The van der Waals surface area contributed by atoms with Crippen molar-refractivity contribution in [3.8, 4) is 11.3 Å². The second-order valence-electron chi connectivity index (χ2n) is 13.9. The Labute approximate surface area is 374 Å². The number of carbonyl (C=O) groups excluding carboxylic acids is 3. The van der Waals surface area contributed by atoms with Crippen molar-refractivity contribution < 1.29 is 22.8 Å². The zero-order chi connectivity index (χ0) is 43.1. The Hall–Kier alpha value is -6.98. The van der Waals surface area contributed by atoms with Crippen LogP contribution in [-0.2, 0) is 27.9 Å². The maximum Gasteiger partial charge on any atom is 0.303 e. The molecule has 314 valence electrons. The molecule has 3 N–H and O–H groups in total. The van der Waals surface area contributed by atoms with E-state index in [0.29, 0.717) is 72.7 Å². The van der Waals surface area contributed by atoms with Gasteiger partial charge in [-0.3, -0.25) is 34.5 Å². The molecule has 17 nitrogen and oxygen atoms in total. The van der Waals surface area contributed by atoms with Gasteiger partial charge in [-0.1, -0.05) is 89.4 Å². The Morgan fingerprint density at radius 2 is 1.65 bits per heavy atom. The summed E-state index contributed by atoms with van der Waals surface area (Å²) in [6.07, 6.45) is 2.06. The lowest BCUT2D eigenvalue weighted by atomic mass is 10.1. The fourth-order valence-corrected chi connectivity index (χ4v) is 11.2. The number of amides is 3. The molecule has 5 aromatic heterocycles. The minimum atomic E-state index is -3.73.